The zero-order chi connectivity index (χ0) is 13.1. The van der Waals surface area contributed by atoms with Crippen LogP contribution in [0.25, 0.3) is 0 Å². The van der Waals surface area contributed by atoms with E-state index in [-0.39, 0.29) is 5.56 Å². The van der Waals surface area contributed by atoms with Crippen LogP contribution in [0.4, 0.5) is 0 Å². The fourth-order valence-corrected chi connectivity index (χ4v) is 2.73. The molecule has 2 rings (SSSR count). The zero-order valence-electron chi connectivity index (χ0n) is 9.06. The van der Waals surface area contributed by atoms with Gasteiger partial charge in [0.25, 0.3) is 0 Å². The molecule has 0 heterocycles. The van der Waals surface area contributed by atoms with Gasteiger partial charge in [-0.2, -0.15) is 0 Å². The van der Waals surface area contributed by atoms with Crippen molar-refractivity contribution in [2.24, 2.45) is 0 Å². The third-order valence-electron chi connectivity index (χ3n) is 2.22. The molecule has 0 aliphatic heterocycles. The number of carboxylic acid groups (broad SMARTS) is 1. The van der Waals surface area contributed by atoms with Crippen molar-refractivity contribution in [3.63, 3.8) is 0 Å². The minimum Gasteiger partial charge on any atom is -0.478 e. The monoisotopic (exact) mass is 298 g/mol. The van der Waals surface area contributed by atoms with E-state index in [1.807, 2.05) is 12.1 Å². The summed E-state index contributed by atoms with van der Waals surface area (Å²) in [6, 6.07) is 11.9. The topological polar surface area (TPSA) is 37.3 Å². The molecule has 1 N–H and O–H groups in total. The van der Waals surface area contributed by atoms with Crippen molar-refractivity contribution >= 4 is 40.9 Å². The SMILES string of the molecule is O=C(O)c1ccc(Cl)cc1Sc1ccc(Cl)cc1. The molecule has 2 nitrogen and oxygen atoms in total. The van der Waals surface area contributed by atoms with Gasteiger partial charge in [0.1, 0.15) is 0 Å². The molecule has 0 spiro atoms. The van der Waals surface area contributed by atoms with Crippen LogP contribution in [0.5, 0.6) is 0 Å². The molecule has 2 aromatic carbocycles. The van der Waals surface area contributed by atoms with Gasteiger partial charge in [0, 0.05) is 19.8 Å². The first kappa shape index (κ1) is 13.3. The third-order valence-corrected chi connectivity index (χ3v) is 3.77. The Kier molecular flexibility index (Phi) is 4.17. The highest BCUT2D eigenvalue weighted by Crippen LogP contribution is 2.33. The number of hydrogen-bond donors (Lipinski definition) is 1. The third kappa shape index (κ3) is 3.19. The Bertz CT molecular complexity index is 582. The van der Waals surface area contributed by atoms with Crippen molar-refractivity contribution in [1.29, 1.82) is 0 Å². The van der Waals surface area contributed by atoms with Crippen LogP contribution < -0.4 is 0 Å². The van der Waals surface area contributed by atoms with Crippen LogP contribution in [0.15, 0.2) is 52.3 Å². The fourth-order valence-electron chi connectivity index (χ4n) is 1.39. The Morgan fingerprint density at radius 2 is 1.61 bits per heavy atom. The predicted molar refractivity (Wildman–Crippen MR) is 74.0 cm³/mol. The number of halogens is 2. The molecule has 0 saturated carbocycles. The summed E-state index contributed by atoms with van der Waals surface area (Å²) in [6.45, 7) is 0. The van der Waals surface area contributed by atoms with E-state index in [1.54, 1.807) is 24.3 Å². The van der Waals surface area contributed by atoms with Crippen LogP contribution in [-0.2, 0) is 0 Å². The summed E-state index contributed by atoms with van der Waals surface area (Å²) >= 11 is 13.0. The summed E-state index contributed by atoms with van der Waals surface area (Å²) in [5.74, 6) is -0.969. The number of aromatic carboxylic acids is 1. The second-order valence-corrected chi connectivity index (χ2v) is 5.49. The van der Waals surface area contributed by atoms with Crippen LogP contribution in [0.1, 0.15) is 10.4 Å². The minimum atomic E-state index is -0.969. The molecule has 0 saturated heterocycles. The van der Waals surface area contributed by atoms with E-state index < -0.39 is 5.97 Å². The van der Waals surface area contributed by atoms with Gasteiger partial charge >= 0.3 is 5.97 Å². The smallest absolute Gasteiger partial charge is 0.336 e. The average molecular weight is 299 g/mol. The number of benzene rings is 2. The van der Waals surface area contributed by atoms with E-state index in [4.69, 9.17) is 28.3 Å². The van der Waals surface area contributed by atoms with E-state index in [2.05, 4.69) is 0 Å². The minimum absolute atomic E-state index is 0.236. The van der Waals surface area contributed by atoms with E-state index in [0.29, 0.717) is 14.9 Å². The van der Waals surface area contributed by atoms with E-state index in [9.17, 15) is 4.79 Å². The number of rotatable bonds is 3. The van der Waals surface area contributed by atoms with Crippen molar-refractivity contribution in [3.05, 3.63) is 58.1 Å². The van der Waals surface area contributed by atoms with E-state index >= 15 is 0 Å². The van der Waals surface area contributed by atoms with Crippen LogP contribution in [-0.4, -0.2) is 11.1 Å². The summed E-state index contributed by atoms with van der Waals surface area (Å²) in [5, 5.41) is 10.3. The van der Waals surface area contributed by atoms with Crippen molar-refractivity contribution in [3.8, 4) is 0 Å². The Morgan fingerprint density at radius 3 is 2.22 bits per heavy atom. The lowest BCUT2D eigenvalue weighted by atomic mass is 10.2. The maximum atomic E-state index is 11.1. The van der Waals surface area contributed by atoms with Crippen LogP contribution in [0.3, 0.4) is 0 Å². The van der Waals surface area contributed by atoms with Gasteiger partial charge in [0.2, 0.25) is 0 Å². The first-order valence-corrected chi connectivity index (χ1v) is 6.60. The van der Waals surface area contributed by atoms with Gasteiger partial charge in [-0.05, 0) is 42.5 Å². The van der Waals surface area contributed by atoms with Crippen molar-refractivity contribution < 1.29 is 9.90 Å². The highest BCUT2D eigenvalue weighted by atomic mass is 35.5. The Morgan fingerprint density at radius 1 is 1.00 bits per heavy atom. The molecule has 0 radical (unpaired) electrons. The number of carboxylic acids is 1. The lowest BCUT2D eigenvalue weighted by Gasteiger charge is -2.06. The second-order valence-electron chi connectivity index (χ2n) is 3.50. The molecule has 0 atom stereocenters. The Labute approximate surface area is 119 Å². The molecule has 2 aromatic rings. The Balaban J connectivity index is 2.35. The maximum absolute atomic E-state index is 11.1. The largest absolute Gasteiger partial charge is 0.478 e. The molecule has 0 aliphatic carbocycles. The molecule has 0 aliphatic rings. The van der Waals surface area contributed by atoms with Crippen molar-refractivity contribution in [1.82, 2.24) is 0 Å². The lowest BCUT2D eigenvalue weighted by molar-refractivity contribution is 0.0693. The van der Waals surface area contributed by atoms with Gasteiger partial charge in [-0.15, -0.1) is 0 Å². The molecule has 0 aromatic heterocycles. The first-order chi connectivity index (χ1) is 8.56. The van der Waals surface area contributed by atoms with Crippen LogP contribution >= 0.6 is 35.0 Å². The van der Waals surface area contributed by atoms with Gasteiger partial charge in [-0.1, -0.05) is 35.0 Å². The highest BCUT2D eigenvalue weighted by Gasteiger charge is 2.11. The molecule has 0 amide bonds. The summed E-state index contributed by atoms with van der Waals surface area (Å²) in [4.78, 5) is 12.6. The average Bonchev–Trinajstić information content (AvgIpc) is 2.32. The fraction of sp³-hybridized carbons (Fsp3) is 0. The summed E-state index contributed by atoms with van der Waals surface area (Å²) in [7, 11) is 0. The summed E-state index contributed by atoms with van der Waals surface area (Å²) in [6.07, 6.45) is 0. The van der Waals surface area contributed by atoms with Crippen molar-refractivity contribution in [2.45, 2.75) is 9.79 Å². The maximum Gasteiger partial charge on any atom is 0.336 e. The normalized spacial score (nSPS) is 10.3. The van der Waals surface area contributed by atoms with Gasteiger partial charge in [0.15, 0.2) is 0 Å². The van der Waals surface area contributed by atoms with E-state index in [0.717, 1.165) is 4.90 Å². The molecular weight excluding hydrogens is 291 g/mol. The van der Waals surface area contributed by atoms with Crippen LogP contribution in [0.2, 0.25) is 10.0 Å². The zero-order valence-corrected chi connectivity index (χ0v) is 11.4. The quantitative estimate of drug-likeness (QED) is 0.881. The summed E-state index contributed by atoms with van der Waals surface area (Å²) in [5.41, 5.74) is 0.236. The lowest BCUT2D eigenvalue weighted by Crippen LogP contribution is -1.98. The molecule has 18 heavy (non-hydrogen) atoms. The first-order valence-electron chi connectivity index (χ1n) is 5.02. The van der Waals surface area contributed by atoms with Crippen LogP contribution in [0, 0.1) is 0 Å². The molecule has 92 valence electrons. The second kappa shape index (κ2) is 5.65. The highest BCUT2D eigenvalue weighted by molar-refractivity contribution is 7.99. The molecule has 0 unspecified atom stereocenters. The summed E-state index contributed by atoms with van der Waals surface area (Å²) < 4.78 is 0. The number of hydrogen-bond acceptors (Lipinski definition) is 2. The van der Waals surface area contributed by atoms with Gasteiger partial charge in [-0.25, -0.2) is 4.79 Å². The molecule has 0 bridgehead atoms. The Hall–Kier alpha value is -1.16. The predicted octanol–water partition coefficient (Wildman–Crippen LogP) is 4.84. The number of carbonyl (C=O) groups is 1. The van der Waals surface area contributed by atoms with Gasteiger partial charge in [0.05, 0.1) is 5.56 Å². The molecule has 5 heteroatoms. The van der Waals surface area contributed by atoms with Crippen molar-refractivity contribution in [2.75, 3.05) is 0 Å². The molecular formula is C13H8Cl2O2S. The van der Waals surface area contributed by atoms with Gasteiger partial charge < -0.3 is 5.11 Å². The standard InChI is InChI=1S/C13H8Cl2O2S/c14-8-1-4-10(5-2-8)18-12-7-9(15)3-6-11(12)13(16)17/h1-7H,(H,16,17). The van der Waals surface area contributed by atoms with E-state index in [1.165, 1.54) is 17.8 Å². The van der Waals surface area contributed by atoms with Gasteiger partial charge in [-0.3, -0.25) is 0 Å². The molecule has 0 fully saturated rings.